The first-order chi connectivity index (χ1) is 10.2. The first-order valence-electron chi connectivity index (χ1n) is 7.72. The van der Waals surface area contributed by atoms with Crippen LogP contribution >= 0.6 is 0 Å². The van der Waals surface area contributed by atoms with E-state index in [1.165, 1.54) is 0 Å². The van der Waals surface area contributed by atoms with Crippen molar-refractivity contribution in [1.82, 2.24) is 10.2 Å². The van der Waals surface area contributed by atoms with Crippen molar-refractivity contribution >= 4 is 11.7 Å². The average Bonchev–Trinajstić information content (AvgIpc) is 2.54. The number of amides is 1. The number of nitrogens with one attached hydrogen (secondary N) is 1. The molecule has 0 aromatic heterocycles. The summed E-state index contributed by atoms with van der Waals surface area (Å²) in [5.41, 5.74) is 1.36. The van der Waals surface area contributed by atoms with Gasteiger partial charge >= 0.3 is 0 Å². The summed E-state index contributed by atoms with van der Waals surface area (Å²) in [6, 6.07) is 7.05. The Bertz CT molecular complexity index is 488. The van der Waals surface area contributed by atoms with Crippen LogP contribution in [0.15, 0.2) is 24.3 Å². The van der Waals surface area contributed by atoms with Crippen LogP contribution in [-0.4, -0.2) is 43.3 Å². The molecule has 1 aromatic carbocycles. The predicted molar refractivity (Wildman–Crippen MR) is 83.6 cm³/mol. The van der Waals surface area contributed by atoms with Crippen molar-refractivity contribution in [3.05, 3.63) is 35.4 Å². The Balaban J connectivity index is 1.96. The molecular weight excluding hydrogens is 264 g/mol. The number of likely N-dealkylation sites (tertiary alicyclic amines) is 1. The van der Waals surface area contributed by atoms with Crippen LogP contribution in [0.25, 0.3) is 0 Å². The SMILES string of the molecule is CCC(=O)c1ccc(C(=O)N2CCC(CNC)CC2)cc1. The van der Waals surface area contributed by atoms with Crippen molar-refractivity contribution in [2.24, 2.45) is 5.92 Å². The maximum absolute atomic E-state index is 12.4. The summed E-state index contributed by atoms with van der Waals surface area (Å²) < 4.78 is 0. The summed E-state index contributed by atoms with van der Waals surface area (Å²) in [4.78, 5) is 26.0. The van der Waals surface area contributed by atoms with Crippen molar-refractivity contribution in [2.45, 2.75) is 26.2 Å². The summed E-state index contributed by atoms with van der Waals surface area (Å²) in [6.07, 6.45) is 2.60. The molecule has 1 heterocycles. The van der Waals surface area contributed by atoms with Crippen LogP contribution in [0.4, 0.5) is 0 Å². The van der Waals surface area contributed by atoms with Gasteiger partial charge in [0.15, 0.2) is 5.78 Å². The predicted octanol–water partition coefficient (Wildman–Crippen LogP) is 2.35. The number of nitrogens with zero attached hydrogens (tertiary/aromatic N) is 1. The van der Waals surface area contributed by atoms with Crippen molar-refractivity contribution < 1.29 is 9.59 Å². The van der Waals surface area contributed by atoms with Gasteiger partial charge in [0.25, 0.3) is 5.91 Å². The number of hydrogen-bond acceptors (Lipinski definition) is 3. The third kappa shape index (κ3) is 3.91. The molecular formula is C17H24N2O2. The highest BCUT2D eigenvalue weighted by molar-refractivity contribution is 5.98. The molecule has 0 spiro atoms. The minimum atomic E-state index is 0.0772. The number of hydrogen-bond donors (Lipinski definition) is 1. The standard InChI is InChI=1S/C17H24N2O2/c1-3-16(20)14-4-6-15(7-5-14)17(21)19-10-8-13(9-11-19)12-18-2/h4-7,13,18H,3,8-12H2,1-2H3. The number of carbonyl (C=O) groups is 2. The van der Waals surface area contributed by atoms with Gasteiger partial charge in [-0.05, 0) is 44.5 Å². The fourth-order valence-electron chi connectivity index (χ4n) is 2.81. The largest absolute Gasteiger partial charge is 0.339 e. The van der Waals surface area contributed by atoms with Crippen molar-refractivity contribution in [3.8, 4) is 0 Å². The Labute approximate surface area is 126 Å². The van der Waals surface area contributed by atoms with Crippen LogP contribution < -0.4 is 5.32 Å². The molecule has 1 fully saturated rings. The summed E-state index contributed by atoms with van der Waals surface area (Å²) >= 11 is 0. The number of benzene rings is 1. The van der Waals surface area contributed by atoms with Gasteiger partial charge in [0.2, 0.25) is 0 Å². The van der Waals surface area contributed by atoms with Gasteiger partial charge < -0.3 is 10.2 Å². The number of Topliss-reactive ketones (excluding diaryl/α,β-unsaturated/α-hetero) is 1. The van der Waals surface area contributed by atoms with Crippen molar-refractivity contribution in [3.63, 3.8) is 0 Å². The Hall–Kier alpha value is -1.68. The highest BCUT2D eigenvalue weighted by Gasteiger charge is 2.23. The lowest BCUT2D eigenvalue weighted by Crippen LogP contribution is -2.40. The van der Waals surface area contributed by atoms with Gasteiger partial charge in [-0.3, -0.25) is 9.59 Å². The van der Waals surface area contributed by atoms with Gasteiger partial charge in [-0.25, -0.2) is 0 Å². The van der Waals surface area contributed by atoms with E-state index in [1.54, 1.807) is 24.3 Å². The third-order valence-electron chi connectivity index (χ3n) is 4.17. The minimum Gasteiger partial charge on any atom is -0.339 e. The molecule has 1 aliphatic heterocycles. The first kappa shape index (κ1) is 15.7. The molecule has 0 atom stereocenters. The second-order valence-electron chi connectivity index (χ2n) is 5.65. The van der Waals surface area contributed by atoms with E-state index in [0.29, 0.717) is 23.5 Å². The van der Waals surface area contributed by atoms with Gasteiger partial charge in [-0.1, -0.05) is 19.1 Å². The van der Waals surface area contributed by atoms with E-state index in [4.69, 9.17) is 0 Å². The van der Waals surface area contributed by atoms with E-state index in [0.717, 1.165) is 32.5 Å². The molecule has 1 amide bonds. The summed E-state index contributed by atoms with van der Waals surface area (Å²) in [7, 11) is 1.97. The van der Waals surface area contributed by atoms with Gasteiger partial charge in [0.1, 0.15) is 0 Å². The molecule has 21 heavy (non-hydrogen) atoms. The van der Waals surface area contributed by atoms with E-state index in [2.05, 4.69) is 5.32 Å². The molecule has 1 N–H and O–H groups in total. The Morgan fingerprint density at radius 3 is 2.24 bits per heavy atom. The number of piperidine rings is 1. The van der Waals surface area contributed by atoms with Crippen LogP contribution in [0.3, 0.4) is 0 Å². The first-order valence-corrected chi connectivity index (χ1v) is 7.72. The smallest absolute Gasteiger partial charge is 0.253 e. The second-order valence-corrected chi connectivity index (χ2v) is 5.65. The highest BCUT2D eigenvalue weighted by Crippen LogP contribution is 2.18. The summed E-state index contributed by atoms with van der Waals surface area (Å²) in [5.74, 6) is 0.860. The fourth-order valence-corrected chi connectivity index (χ4v) is 2.81. The molecule has 0 aliphatic carbocycles. The van der Waals surface area contributed by atoms with Crippen molar-refractivity contribution in [1.29, 1.82) is 0 Å². The minimum absolute atomic E-state index is 0.0772. The van der Waals surface area contributed by atoms with E-state index < -0.39 is 0 Å². The van der Waals surface area contributed by atoms with Gasteiger partial charge in [0, 0.05) is 30.6 Å². The average molecular weight is 288 g/mol. The fraction of sp³-hybridized carbons (Fsp3) is 0.529. The molecule has 0 saturated carbocycles. The molecule has 0 unspecified atom stereocenters. The maximum Gasteiger partial charge on any atom is 0.253 e. The lowest BCUT2D eigenvalue weighted by molar-refractivity contribution is 0.0690. The van der Waals surface area contributed by atoms with E-state index in [9.17, 15) is 9.59 Å². The molecule has 1 aromatic rings. The Morgan fingerprint density at radius 2 is 1.71 bits per heavy atom. The molecule has 0 bridgehead atoms. The molecule has 1 saturated heterocycles. The van der Waals surface area contributed by atoms with Crippen LogP contribution in [-0.2, 0) is 0 Å². The number of carbonyl (C=O) groups excluding carboxylic acids is 2. The van der Waals surface area contributed by atoms with Crippen LogP contribution in [0.2, 0.25) is 0 Å². The molecule has 4 heteroatoms. The second kappa shape index (κ2) is 7.36. The van der Waals surface area contributed by atoms with Crippen molar-refractivity contribution in [2.75, 3.05) is 26.7 Å². The lowest BCUT2D eigenvalue weighted by atomic mass is 9.96. The van der Waals surface area contributed by atoms with E-state index in [-0.39, 0.29) is 11.7 Å². The molecule has 2 rings (SSSR count). The van der Waals surface area contributed by atoms with Crippen LogP contribution in [0.5, 0.6) is 0 Å². The topological polar surface area (TPSA) is 49.4 Å². The van der Waals surface area contributed by atoms with E-state index >= 15 is 0 Å². The lowest BCUT2D eigenvalue weighted by Gasteiger charge is -2.32. The molecule has 0 radical (unpaired) electrons. The zero-order chi connectivity index (χ0) is 15.2. The zero-order valence-electron chi connectivity index (χ0n) is 12.9. The molecule has 1 aliphatic rings. The molecule has 114 valence electrons. The quantitative estimate of drug-likeness (QED) is 0.846. The third-order valence-corrected chi connectivity index (χ3v) is 4.17. The maximum atomic E-state index is 12.4. The molecule has 4 nitrogen and oxygen atoms in total. The zero-order valence-corrected chi connectivity index (χ0v) is 12.9. The highest BCUT2D eigenvalue weighted by atomic mass is 16.2. The Kier molecular flexibility index (Phi) is 5.51. The number of rotatable bonds is 5. The summed E-state index contributed by atoms with van der Waals surface area (Å²) in [5, 5.41) is 3.20. The van der Waals surface area contributed by atoms with E-state index in [1.807, 2.05) is 18.9 Å². The van der Waals surface area contributed by atoms with Gasteiger partial charge in [-0.2, -0.15) is 0 Å². The normalized spacial score (nSPS) is 16.0. The Morgan fingerprint density at radius 1 is 1.14 bits per heavy atom. The van der Waals surface area contributed by atoms with Gasteiger partial charge in [0.05, 0.1) is 0 Å². The monoisotopic (exact) mass is 288 g/mol. The van der Waals surface area contributed by atoms with Crippen LogP contribution in [0, 0.1) is 5.92 Å². The van der Waals surface area contributed by atoms with Gasteiger partial charge in [-0.15, -0.1) is 0 Å². The summed E-state index contributed by atoms with van der Waals surface area (Å²) in [6.45, 7) is 4.51. The number of ketones is 1. The van der Waals surface area contributed by atoms with Crippen LogP contribution in [0.1, 0.15) is 46.9 Å².